The molecule has 0 spiro atoms. The Morgan fingerprint density at radius 3 is 2.78 bits per heavy atom. The second kappa shape index (κ2) is 4.73. The molecular weight excluding hydrogens is 252 g/mol. The largest absolute Gasteiger partial charge is 0.477 e. The molecule has 0 aliphatic heterocycles. The van der Waals surface area contributed by atoms with E-state index in [1.807, 2.05) is 6.92 Å². The number of hydrogen-bond donors (Lipinski definition) is 1. The molecule has 0 atom stereocenters. The molecule has 2 heterocycles. The first-order valence-electron chi connectivity index (χ1n) is 5.35. The van der Waals surface area contributed by atoms with Crippen molar-refractivity contribution in [3.8, 4) is 0 Å². The number of carboxylic acid groups (broad SMARTS) is 1. The van der Waals surface area contributed by atoms with E-state index < -0.39 is 5.97 Å². The first-order chi connectivity index (χ1) is 8.47. The first kappa shape index (κ1) is 12.5. The lowest BCUT2D eigenvalue weighted by Gasteiger charge is -2.04. The van der Waals surface area contributed by atoms with Gasteiger partial charge in [0, 0.05) is 10.9 Å². The molecule has 94 valence electrons. The molecule has 0 amide bonds. The molecule has 0 saturated carbocycles. The molecular formula is C12H12N2O3S. The summed E-state index contributed by atoms with van der Waals surface area (Å²) in [5, 5.41) is 13.0. The third-order valence-electron chi connectivity index (χ3n) is 2.55. The lowest BCUT2D eigenvalue weighted by Crippen LogP contribution is -2.23. The van der Waals surface area contributed by atoms with E-state index in [1.54, 1.807) is 19.1 Å². The number of aromatic carboxylic acids is 1. The quantitative estimate of drug-likeness (QED) is 0.915. The van der Waals surface area contributed by atoms with Crippen LogP contribution in [0.3, 0.4) is 0 Å². The fourth-order valence-electron chi connectivity index (χ4n) is 1.61. The van der Waals surface area contributed by atoms with Crippen LogP contribution in [0.1, 0.15) is 25.8 Å². The van der Waals surface area contributed by atoms with Gasteiger partial charge >= 0.3 is 5.97 Å². The zero-order valence-corrected chi connectivity index (χ0v) is 10.8. The van der Waals surface area contributed by atoms with Crippen LogP contribution in [-0.4, -0.2) is 20.9 Å². The molecule has 0 aliphatic carbocycles. The summed E-state index contributed by atoms with van der Waals surface area (Å²) in [6, 6.07) is 4.71. The molecule has 0 fully saturated rings. The number of nitrogens with zero attached hydrogens (tertiary/aromatic N) is 2. The van der Waals surface area contributed by atoms with Crippen molar-refractivity contribution in [3.63, 3.8) is 0 Å². The van der Waals surface area contributed by atoms with Gasteiger partial charge in [-0.05, 0) is 31.5 Å². The number of carbonyl (C=O) groups is 1. The predicted octanol–water partition coefficient (Wildman–Crippen LogP) is 1.67. The van der Waals surface area contributed by atoms with Gasteiger partial charge in [-0.25, -0.2) is 9.48 Å². The summed E-state index contributed by atoms with van der Waals surface area (Å²) in [6.45, 7) is 3.95. The van der Waals surface area contributed by atoms with Crippen LogP contribution in [0.4, 0.5) is 0 Å². The van der Waals surface area contributed by atoms with Gasteiger partial charge in [-0.15, -0.1) is 11.3 Å². The lowest BCUT2D eigenvalue weighted by atomic mass is 10.2. The molecule has 5 nitrogen and oxygen atoms in total. The first-order valence-corrected chi connectivity index (χ1v) is 6.16. The molecule has 0 bridgehead atoms. The zero-order chi connectivity index (χ0) is 13.3. The van der Waals surface area contributed by atoms with Crippen molar-refractivity contribution in [2.45, 2.75) is 20.4 Å². The summed E-state index contributed by atoms with van der Waals surface area (Å²) < 4.78 is 1.34. The van der Waals surface area contributed by atoms with Gasteiger partial charge in [0.2, 0.25) is 0 Å². The third kappa shape index (κ3) is 2.48. The summed E-state index contributed by atoms with van der Waals surface area (Å²) in [7, 11) is 0. The highest BCUT2D eigenvalue weighted by atomic mass is 32.1. The smallest absolute Gasteiger partial charge is 0.345 e. The van der Waals surface area contributed by atoms with Gasteiger partial charge < -0.3 is 5.11 Å². The molecule has 0 unspecified atom stereocenters. The summed E-state index contributed by atoms with van der Waals surface area (Å²) in [5.41, 5.74) is 1.38. The van der Waals surface area contributed by atoms with E-state index in [0.717, 1.165) is 16.1 Å². The number of thiophene rings is 1. The van der Waals surface area contributed by atoms with Gasteiger partial charge in [-0.3, -0.25) is 4.79 Å². The summed E-state index contributed by atoms with van der Waals surface area (Å²) >= 11 is 1.21. The van der Waals surface area contributed by atoms with Gasteiger partial charge in [0.1, 0.15) is 4.88 Å². The molecule has 0 radical (unpaired) electrons. The van der Waals surface area contributed by atoms with Crippen molar-refractivity contribution >= 4 is 17.3 Å². The molecule has 2 rings (SSSR count). The highest BCUT2D eigenvalue weighted by molar-refractivity contribution is 7.14. The maximum Gasteiger partial charge on any atom is 0.345 e. The van der Waals surface area contributed by atoms with Crippen molar-refractivity contribution < 1.29 is 9.90 Å². The highest BCUT2D eigenvalue weighted by Crippen LogP contribution is 2.21. The van der Waals surface area contributed by atoms with Gasteiger partial charge in [-0.1, -0.05) is 0 Å². The second-order valence-corrected chi connectivity index (χ2v) is 5.22. The SMILES string of the molecule is Cc1ccc(=O)n(Cc2cc(C(=O)O)sc2C)n1. The molecule has 18 heavy (non-hydrogen) atoms. The maximum atomic E-state index is 11.6. The minimum atomic E-state index is -0.945. The van der Waals surface area contributed by atoms with E-state index in [9.17, 15) is 9.59 Å². The van der Waals surface area contributed by atoms with Crippen LogP contribution < -0.4 is 5.56 Å². The highest BCUT2D eigenvalue weighted by Gasteiger charge is 2.12. The Hall–Kier alpha value is -1.95. The monoisotopic (exact) mass is 264 g/mol. The number of rotatable bonds is 3. The molecule has 2 aromatic rings. The molecule has 0 aliphatic rings. The predicted molar refractivity (Wildman–Crippen MR) is 68.4 cm³/mol. The number of carboxylic acids is 1. The maximum absolute atomic E-state index is 11.6. The van der Waals surface area contributed by atoms with Crippen LogP contribution >= 0.6 is 11.3 Å². The Balaban J connectivity index is 2.37. The average molecular weight is 264 g/mol. The van der Waals surface area contributed by atoms with Crippen LogP contribution in [0.25, 0.3) is 0 Å². The number of aryl methyl sites for hydroxylation is 2. The van der Waals surface area contributed by atoms with Crippen molar-refractivity contribution in [2.24, 2.45) is 0 Å². The Kier molecular flexibility index (Phi) is 3.29. The summed E-state index contributed by atoms with van der Waals surface area (Å²) in [4.78, 5) is 23.7. The minimum absolute atomic E-state index is 0.192. The van der Waals surface area contributed by atoms with Crippen molar-refractivity contribution in [2.75, 3.05) is 0 Å². The minimum Gasteiger partial charge on any atom is -0.477 e. The van der Waals surface area contributed by atoms with Crippen LogP contribution in [0, 0.1) is 13.8 Å². The molecule has 6 heteroatoms. The van der Waals surface area contributed by atoms with E-state index in [0.29, 0.717) is 6.54 Å². The van der Waals surface area contributed by atoms with Gasteiger partial charge in [-0.2, -0.15) is 5.10 Å². The molecule has 0 saturated heterocycles. The Labute approximate surface area is 107 Å². The second-order valence-electron chi connectivity index (χ2n) is 3.97. The topological polar surface area (TPSA) is 72.2 Å². The standard InChI is InChI=1S/C12H12N2O3S/c1-7-3-4-11(15)14(13-7)6-9-5-10(12(16)17)18-8(9)2/h3-5H,6H2,1-2H3,(H,16,17). The van der Waals surface area contributed by atoms with E-state index in [1.165, 1.54) is 22.1 Å². The van der Waals surface area contributed by atoms with E-state index in [4.69, 9.17) is 5.11 Å². The van der Waals surface area contributed by atoms with Gasteiger partial charge in [0.15, 0.2) is 0 Å². The molecule has 2 aromatic heterocycles. The van der Waals surface area contributed by atoms with E-state index >= 15 is 0 Å². The third-order valence-corrected chi connectivity index (χ3v) is 3.63. The van der Waals surface area contributed by atoms with Crippen LogP contribution in [0.5, 0.6) is 0 Å². The fraction of sp³-hybridized carbons (Fsp3) is 0.250. The summed E-state index contributed by atoms with van der Waals surface area (Å²) in [5.74, 6) is -0.945. The Morgan fingerprint density at radius 2 is 2.17 bits per heavy atom. The number of aromatic nitrogens is 2. The van der Waals surface area contributed by atoms with Crippen LogP contribution in [0.2, 0.25) is 0 Å². The van der Waals surface area contributed by atoms with Crippen molar-refractivity contribution in [1.82, 2.24) is 9.78 Å². The van der Waals surface area contributed by atoms with E-state index in [2.05, 4.69) is 5.10 Å². The Bertz CT molecular complexity index is 658. The number of hydrogen-bond acceptors (Lipinski definition) is 4. The Morgan fingerprint density at radius 1 is 1.44 bits per heavy atom. The average Bonchev–Trinajstić information content (AvgIpc) is 2.66. The van der Waals surface area contributed by atoms with E-state index in [-0.39, 0.29) is 10.4 Å². The summed E-state index contributed by atoms with van der Waals surface area (Å²) in [6.07, 6.45) is 0. The normalized spacial score (nSPS) is 10.6. The fourth-order valence-corrected chi connectivity index (χ4v) is 2.48. The van der Waals surface area contributed by atoms with Crippen LogP contribution in [-0.2, 0) is 6.54 Å². The van der Waals surface area contributed by atoms with Crippen LogP contribution in [0.15, 0.2) is 23.0 Å². The lowest BCUT2D eigenvalue weighted by molar-refractivity contribution is 0.0702. The van der Waals surface area contributed by atoms with Gasteiger partial charge in [0.05, 0.1) is 12.2 Å². The van der Waals surface area contributed by atoms with Gasteiger partial charge in [0.25, 0.3) is 5.56 Å². The van der Waals surface area contributed by atoms with Crippen molar-refractivity contribution in [3.05, 3.63) is 49.6 Å². The van der Waals surface area contributed by atoms with Crippen molar-refractivity contribution in [1.29, 1.82) is 0 Å². The zero-order valence-electron chi connectivity index (χ0n) is 10.0. The molecule has 1 N–H and O–H groups in total. The molecule has 0 aromatic carbocycles.